The van der Waals surface area contributed by atoms with Gasteiger partial charge in [-0.15, -0.1) is 0 Å². The molecule has 1 aliphatic heterocycles. The van der Waals surface area contributed by atoms with Crippen molar-refractivity contribution in [3.05, 3.63) is 59.5 Å². The zero-order chi connectivity index (χ0) is 17.6. The highest BCUT2D eigenvalue weighted by molar-refractivity contribution is 6.18. The minimum absolute atomic E-state index is 0.318. The SMILES string of the molecule is C/C=C\C(=C/C)NC1N=CC2=C(NO)CC(C3C=CC=CC3)CC2=N1. The maximum atomic E-state index is 9.58. The van der Waals surface area contributed by atoms with E-state index < -0.39 is 0 Å². The summed E-state index contributed by atoms with van der Waals surface area (Å²) in [5, 5.41) is 12.9. The first-order valence-electron chi connectivity index (χ1n) is 8.87. The summed E-state index contributed by atoms with van der Waals surface area (Å²) < 4.78 is 0. The molecule has 3 unspecified atom stereocenters. The van der Waals surface area contributed by atoms with Crippen LogP contribution in [0.4, 0.5) is 0 Å². The van der Waals surface area contributed by atoms with Crippen LogP contribution in [0.25, 0.3) is 0 Å². The first kappa shape index (κ1) is 17.4. The quantitative estimate of drug-likeness (QED) is 0.529. The first-order valence-corrected chi connectivity index (χ1v) is 8.87. The number of nitrogens with zero attached hydrogens (tertiary/aromatic N) is 2. The molecule has 25 heavy (non-hydrogen) atoms. The van der Waals surface area contributed by atoms with Crippen molar-refractivity contribution in [2.24, 2.45) is 21.8 Å². The maximum absolute atomic E-state index is 9.58. The molecule has 0 aromatic carbocycles. The molecule has 132 valence electrons. The fourth-order valence-electron chi connectivity index (χ4n) is 3.56. The van der Waals surface area contributed by atoms with Crippen LogP contribution in [0.15, 0.2) is 69.5 Å². The van der Waals surface area contributed by atoms with Gasteiger partial charge in [0.1, 0.15) is 0 Å². The Labute approximate surface area is 149 Å². The van der Waals surface area contributed by atoms with Crippen molar-refractivity contribution in [2.75, 3.05) is 0 Å². The van der Waals surface area contributed by atoms with E-state index >= 15 is 0 Å². The number of hydroxylamine groups is 1. The normalized spacial score (nSPS) is 29.0. The van der Waals surface area contributed by atoms with Crippen LogP contribution >= 0.6 is 0 Å². The van der Waals surface area contributed by atoms with Gasteiger partial charge >= 0.3 is 0 Å². The van der Waals surface area contributed by atoms with E-state index in [1.54, 1.807) is 0 Å². The highest BCUT2D eigenvalue weighted by Crippen LogP contribution is 2.35. The summed E-state index contributed by atoms with van der Waals surface area (Å²) in [7, 11) is 0. The van der Waals surface area contributed by atoms with Gasteiger partial charge in [-0.05, 0) is 51.0 Å². The van der Waals surface area contributed by atoms with Gasteiger partial charge in [0, 0.05) is 23.2 Å². The van der Waals surface area contributed by atoms with Crippen LogP contribution in [0.5, 0.6) is 0 Å². The molecule has 0 saturated carbocycles. The molecule has 0 radical (unpaired) electrons. The number of rotatable bonds is 5. The molecule has 0 saturated heterocycles. The smallest absolute Gasteiger partial charge is 0.214 e. The molecule has 3 aliphatic rings. The van der Waals surface area contributed by atoms with Crippen molar-refractivity contribution in [3.8, 4) is 0 Å². The van der Waals surface area contributed by atoms with Gasteiger partial charge in [0.05, 0.1) is 5.71 Å². The second kappa shape index (κ2) is 8.12. The number of aliphatic imine (C=N–C) groups is 2. The Morgan fingerprint density at radius 1 is 1.28 bits per heavy atom. The van der Waals surface area contributed by atoms with Crippen LogP contribution in [0, 0.1) is 11.8 Å². The Hall–Kier alpha value is -2.40. The molecule has 5 heteroatoms. The molecular weight excluding hydrogens is 312 g/mol. The maximum Gasteiger partial charge on any atom is 0.214 e. The standard InChI is InChI=1S/C20H26N4O/c1-3-8-16(4-2)22-20-21-13-17-18(23-20)11-15(12-19(17)24-25)14-9-6-5-7-10-14/h3-9,13-15,20,22,24-25H,10-12H2,1-2H3/b8-3-,16-4+. The lowest BCUT2D eigenvalue weighted by atomic mass is 9.76. The van der Waals surface area contributed by atoms with Gasteiger partial charge < -0.3 is 5.32 Å². The molecule has 0 spiro atoms. The molecule has 5 nitrogen and oxygen atoms in total. The van der Waals surface area contributed by atoms with Crippen molar-refractivity contribution >= 4 is 11.9 Å². The molecule has 0 amide bonds. The molecular formula is C20H26N4O. The Morgan fingerprint density at radius 2 is 2.16 bits per heavy atom. The van der Waals surface area contributed by atoms with Gasteiger partial charge in [-0.1, -0.05) is 36.5 Å². The monoisotopic (exact) mass is 338 g/mol. The Kier molecular flexibility index (Phi) is 5.66. The van der Waals surface area contributed by atoms with Crippen LogP contribution < -0.4 is 10.8 Å². The van der Waals surface area contributed by atoms with Gasteiger partial charge in [0.25, 0.3) is 0 Å². The Bertz CT molecular complexity index is 709. The zero-order valence-electron chi connectivity index (χ0n) is 14.8. The topological polar surface area (TPSA) is 69.0 Å². The van der Waals surface area contributed by atoms with E-state index in [1.165, 1.54) is 0 Å². The van der Waals surface area contributed by atoms with E-state index in [4.69, 9.17) is 4.99 Å². The van der Waals surface area contributed by atoms with Crippen LogP contribution in [0.3, 0.4) is 0 Å². The summed E-state index contributed by atoms with van der Waals surface area (Å²) in [6.07, 6.45) is 19.0. The van der Waals surface area contributed by atoms with E-state index in [9.17, 15) is 5.21 Å². The van der Waals surface area contributed by atoms with Gasteiger partial charge in [0.2, 0.25) is 6.29 Å². The number of hydrogen-bond acceptors (Lipinski definition) is 5. The lowest BCUT2D eigenvalue weighted by molar-refractivity contribution is 0.186. The van der Waals surface area contributed by atoms with Gasteiger partial charge in [-0.25, -0.2) is 9.98 Å². The van der Waals surface area contributed by atoms with Crippen LogP contribution in [-0.2, 0) is 0 Å². The summed E-state index contributed by atoms with van der Waals surface area (Å²) in [6, 6.07) is 0. The Balaban J connectivity index is 1.81. The van der Waals surface area contributed by atoms with E-state index in [0.29, 0.717) is 11.8 Å². The average molecular weight is 338 g/mol. The number of allylic oxidation sites excluding steroid dienone is 9. The number of hydrogen-bond donors (Lipinski definition) is 3. The predicted octanol–water partition coefficient (Wildman–Crippen LogP) is 3.64. The number of nitrogens with one attached hydrogen (secondary N) is 2. The van der Waals surface area contributed by atoms with Crippen molar-refractivity contribution in [1.29, 1.82) is 0 Å². The summed E-state index contributed by atoms with van der Waals surface area (Å²) >= 11 is 0. The van der Waals surface area contributed by atoms with Crippen molar-refractivity contribution in [1.82, 2.24) is 10.8 Å². The van der Waals surface area contributed by atoms with E-state index in [2.05, 4.69) is 40.1 Å². The lowest BCUT2D eigenvalue weighted by Gasteiger charge is -2.33. The fourth-order valence-corrected chi connectivity index (χ4v) is 3.56. The molecule has 1 heterocycles. The van der Waals surface area contributed by atoms with Crippen molar-refractivity contribution < 1.29 is 5.21 Å². The second-order valence-electron chi connectivity index (χ2n) is 6.50. The molecule has 3 atom stereocenters. The van der Waals surface area contributed by atoms with E-state index in [0.717, 1.165) is 41.9 Å². The van der Waals surface area contributed by atoms with Crippen LogP contribution in [-0.4, -0.2) is 23.4 Å². The largest absolute Gasteiger partial charge is 0.346 e. The third-order valence-corrected chi connectivity index (χ3v) is 4.89. The molecule has 0 fully saturated rings. The van der Waals surface area contributed by atoms with Gasteiger partial charge in [-0.2, -0.15) is 0 Å². The minimum Gasteiger partial charge on any atom is -0.346 e. The van der Waals surface area contributed by atoms with Crippen LogP contribution in [0.2, 0.25) is 0 Å². The van der Waals surface area contributed by atoms with E-state index in [-0.39, 0.29) is 6.29 Å². The minimum atomic E-state index is -0.318. The van der Waals surface area contributed by atoms with Crippen molar-refractivity contribution in [2.45, 2.75) is 39.4 Å². The molecule has 0 bridgehead atoms. The average Bonchev–Trinajstić information content (AvgIpc) is 2.67. The second-order valence-corrected chi connectivity index (χ2v) is 6.50. The molecule has 2 aliphatic carbocycles. The third-order valence-electron chi connectivity index (χ3n) is 4.89. The van der Waals surface area contributed by atoms with Gasteiger partial charge in [-0.3, -0.25) is 10.7 Å². The predicted molar refractivity (Wildman–Crippen MR) is 102 cm³/mol. The molecule has 3 rings (SSSR count). The summed E-state index contributed by atoms with van der Waals surface area (Å²) in [5.74, 6) is 0.916. The fraction of sp³-hybridized carbons (Fsp3) is 0.400. The zero-order valence-corrected chi connectivity index (χ0v) is 14.8. The summed E-state index contributed by atoms with van der Waals surface area (Å²) in [5.41, 5.74) is 6.14. The highest BCUT2D eigenvalue weighted by Gasteiger charge is 2.31. The number of fused-ring (bicyclic) bond motifs is 1. The summed E-state index contributed by atoms with van der Waals surface area (Å²) in [6.45, 7) is 3.97. The molecule has 3 N–H and O–H groups in total. The van der Waals surface area contributed by atoms with Crippen molar-refractivity contribution in [3.63, 3.8) is 0 Å². The van der Waals surface area contributed by atoms with Crippen LogP contribution in [0.1, 0.15) is 33.1 Å². The lowest BCUT2D eigenvalue weighted by Crippen LogP contribution is -2.35. The molecule has 0 aromatic heterocycles. The van der Waals surface area contributed by atoms with E-state index in [1.807, 2.05) is 38.3 Å². The molecule has 0 aromatic rings. The Morgan fingerprint density at radius 3 is 2.84 bits per heavy atom. The third kappa shape index (κ3) is 3.99. The first-order chi connectivity index (χ1) is 12.2. The highest BCUT2D eigenvalue weighted by atomic mass is 16.5. The summed E-state index contributed by atoms with van der Waals surface area (Å²) in [4.78, 5) is 9.29. The van der Waals surface area contributed by atoms with Gasteiger partial charge in [0.15, 0.2) is 0 Å².